The monoisotopic (exact) mass is 372 g/mol. The van der Waals surface area contributed by atoms with Gasteiger partial charge >= 0.3 is 0 Å². The molecule has 0 aliphatic heterocycles. The van der Waals surface area contributed by atoms with Gasteiger partial charge in [-0.05, 0) is 0 Å². The second-order valence-corrected chi connectivity index (χ2v) is 2.68. The van der Waals surface area contributed by atoms with Gasteiger partial charge in [0.15, 0.2) is 0 Å². The van der Waals surface area contributed by atoms with Crippen LogP contribution in [0.1, 0.15) is 0 Å². The zero-order valence-corrected chi connectivity index (χ0v) is 13.9. The van der Waals surface area contributed by atoms with Crippen LogP contribution in [0.25, 0.3) is 0 Å². The molecule has 12 N–H and O–H groups in total. The fourth-order valence-electron chi connectivity index (χ4n) is 0. The Morgan fingerprint density at radius 1 is 0.167 bits per heavy atom. The van der Waals surface area contributed by atoms with Crippen molar-refractivity contribution in [2.45, 2.75) is 0 Å². The van der Waals surface area contributed by atoms with Gasteiger partial charge in [-0.25, -0.2) is 0 Å². The first kappa shape index (κ1) is 38.9. The molecule has 0 spiro atoms. The van der Waals surface area contributed by atoms with Crippen LogP contribution >= 0.6 is 0 Å². The molecular formula is C12H36O12. The van der Waals surface area contributed by atoms with Gasteiger partial charge in [0.05, 0.1) is 79.3 Å². The molecule has 0 fully saturated rings. The van der Waals surface area contributed by atoms with Gasteiger partial charge in [0.2, 0.25) is 0 Å². The van der Waals surface area contributed by atoms with E-state index in [9.17, 15) is 0 Å². The predicted octanol–water partition coefficient (Wildman–Crippen LogP) is -6.17. The summed E-state index contributed by atoms with van der Waals surface area (Å²) < 4.78 is 0. The Hall–Kier alpha value is -0.480. The molecule has 0 aliphatic carbocycles. The zero-order chi connectivity index (χ0) is 20.5. The van der Waals surface area contributed by atoms with Gasteiger partial charge < -0.3 is 61.3 Å². The number of aliphatic hydroxyl groups excluding tert-OH is 12. The molecule has 0 aliphatic rings. The first-order valence-electron chi connectivity index (χ1n) is 6.79. The van der Waals surface area contributed by atoms with Crippen LogP contribution in [0.3, 0.4) is 0 Å². The smallest absolute Gasteiger partial charge is 0.0662 e. The lowest BCUT2D eigenvalue weighted by Gasteiger charge is -1.70. The molecule has 0 aromatic carbocycles. The molecule has 0 saturated carbocycles. The second kappa shape index (κ2) is 78.6. The minimum absolute atomic E-state index is 0.125. The summed E-state index contributed by atoms with van der Waals surface area (Å²) in [5.74, 6) is 0. The highest BCUT2D eigenvalue weighted by atomic mass is 16.3. The highest BCUT2D eigenvalue weighted by Crippen LogP contribution is 1.41. The van der Waals surface area contributed by atoms with Crippen molar-refractivity contribution in [2.75, 3.05) is 79.3 Å². The van der Waals surface area contributed by atoms with Gasteiger partial charge in [0.1, 0.15) is 0 Å². The Labute approximate surface area is 141 Å². The van der Waals surface area contributed by atoms with Crippen LogP contribution in [0.5, 0.6) is 0 Å². The van der Waals surface area contributed by atoms with Crippen LogP contribution in [0.2, 0.25) is 0 Å². The molecule has 0 saturated heterocycles. The summed E-state index contributed by atoms with van der Waals surface area (Å²) in [6.45, 7) is -1.50. The highest BCUT2D eigenvalue weighted by Gasteiger charge is 1.59. The zero-order valence-electron chi connectivity index (χ0n) is 13.9. The number of hydrogen-bond donors (Lipinski definition) is 12. The second-order valence-electron chi connectivity index (χ2n) is 2.68. The van der Waals surface area contributed by atoms with E-state index in [0.29, 0.717) is 0 Å². The van der Waals surface area contributed by atoms with Gasteiger partial charge in [-0.15, -0.1) is 0 Å². The molecule has 0 unspecified atom stereocenters. The Morgan fingerprint density at radius 3 is 0.208 bits per heavy atom. The largest absolute Gasteiger partial charge is 0.394 e. The topological polar surface area (TPSA) is 243 Å². The molecule has 0 atom stereocenters. The maximum Gasteiger partial charge on any atom is 0.0662 e. The van der Waals surface area contributed by atoms with E-state index in [4.69, 9.17) is 61.3 Å². The van der Waals surface area contributed by atoms with E-state index >= 15 is 0 Å². The van der Waals surface area contributed by atoms with Gasteiger partial charge in [-0.1, -0.05) is 0 Å². The maximum atomic E-state index is 7.62. The van der Waals surface area contributed by atoms with Crippen LogP contribution in [-0.2, 0) is 0 Å². The Morgan fingerprint density at radius 2 is 0.208 bits per heavy atom. The molecule has 0 heterocycles. The third-order valence-corrected chi connectivity index (χ3v) is 0.600. The van der Waals surface area contributed by atoms with Crippen LogP contribution in [-0.4, -0.2) is 141 Å². The van der Waals surface area contributed by atoms with Crippen molar-refractivity contribution in [3.63, 3.8) is 0 Å². The van der Waals surface area contributed by atoms with Crippen molar-refractivity contribution in [3.8, 4) is 0 Å². The lowest BCUT2D eigenvalue weighted by molar-refractivity contribution is 0.186. The van der Waals surface area contributed by atoms with Crippen molar-refractivity contribution in [3.05, 3.63) is 0 Å². The Balaban J connectivity index is -0.0000000405. The van der Waals surface area contributed by atoms with E-state index in [1.165, 1.54) is 0 Å². The van der Waals surface area contributed by atoms with E-state index in [1.807, 2.05) is 0 Å². The third-order valence-electron chi connectivity index (χ3n) is 0.600. The van der Waals surface area contributed by atoms with Crippen LogP contribution in [0, 0.1) is 0 Å². The molecule has 24 heavy (non-hydrogen) atoms. The standard InChI is InChI=1S/6C2H6O2/c6*3-1-2-4/h6*3-4H,1-2H2. The van der Waals surface area contributed by atoms with Gasteiger partial charge in [-0.2, -0.15) is 0 Å². The van der Waals surface area contributed by atoms with Crippen molar-refractivity contribution in [1.82, 2.24) is 0 Å². The first-order valence-corrected chi connectivity index (χ1v) is 6.79. The van der Waals surface area contributed by atoms with E-state index in [-0.39, 0.29) is 79.3 Å². The molecule has 0 aromatic rings. The van der Waals surface area contributed by atoms with Crippen LogP contribution in [0.4, 0.5) is 0 Å². The van der Waals surface area contributed by atoms with Crippen LogP contribution in [0.15, 0.2) is 0 Å². The van der Waals surface area contributed by atoms with E-state index < -0.39 is 0 Å². The molecule has 0 aromatic heterocycles. The van der Waals surface area contributed by atoms with Crippen molar-refractivity contribution >= 4 is 0 Å². The predicted molar refractivity (Wildman–Crippen MR) is 85.0 cm³/mol. The summed E-state index contributed by atoms with van der Waals surface area (Å²) >= 11 is 0. The lowest BCUT2D eigenvalue weighted by atomic mass is 10.8. The van der Waals surface area contributed by atoms with Crippen molar-refractivity contribution in [1.29, 1.82) is 0 Å². The summed E-state index contributed by atoms with van der Waals surface area (Å²) in [7, 11) is 0. The molecule has 0 bridgehead atoms. The summed E-state index contributed by atoms with van der Waals surface area (Å²) in [5.41, 5.74) is 0. The summed E-state index contributed by atoms with van der Waals surface area (Å²) in [5, 5.41) is 91.5. The Bertz CT molecular complexity index is 67.0. The minimum Gasteiger partial charge on any atom is -0.394 e. The SMILES string of the molecule is OCCO.OCCO.OCCO.OCCO.OCCO.OCCO. The van der Waals surface area contributed by atoms with Gasteiger partial charge in [-0.3, -0.25) is 0 Å². The van der Waals surface area contributed by atoms with E-state index in [0.717, 1.165) is 0 Å². The van der Waals surface area contributed by atoms with Crippen LogP contribution < -0.4 is 0 Å². The third kappa shape index (κ3) is 297. The molecule has 12 nitrogen and oxygen atoms in total. The quantitative estimate of drug-likeness (QED) is 0.208. The van der Waals surface area contributed by atoms with E-state index in [2.05, 4.69) is 0 Å². The first-order chi connectivity index (χ1) is 11.5. The number of aliphatic hydroxyl groups is 12. The van der Waals surface area contributed by atoms with Crippen molar-refractivity contribution in [2.24, 2.45) is 0 Å². The average Bonchev–Trinajstić information content (AvgIpc) is 2.68. The highest BCUT2D eigenvalue weighted by molar-refractivity contribution is 4.08. The lowest BCUT2D eigenvalue weighted by Crippen LogP contribution is -1.85. The fourth-order valence-corrected chi connectivity index (χ4v) is 0. The average molecular weight is 372 g/mol. The summed E-state index contributed by atoms with van der Waals surface area (Å²) in [6.07, 6.45) is 0. The molecule has 156 valence electrons. The molecule has 0 amide bonds. The van der Waals surface area contributed by atoms with E-state index in [1.54, 1.807) is 0 Å². The molecule has 12 heteroatoms. The number of rotatable bonds is 6. The van der Waals surface area contributed by atoms with Gasteiger partial charge in [0, 0.05) is 0 Å². The minimum atomic E-state index is -0.125. The van der Waals surface area contributed by atoms with Gasteiger partial charge in [0.25, 0.3) is 0 Å². The summed E-state index contributed by atoms with van der Waals surface area (Å²) in [4.78, 5) is 0. The number of hydrogen-bond acceptors (Lipinski definition) is 12. The molecular weight excluding hydrogens is 336 g/mol. The Kier molecular flexibility index (Phi) is 127. The normalized spacial score (nSPS) is 7.50. The molecule has 0 radical (unpaired) electrons. The molecule has 0 rings (SSSR count). The fraction of sp³-hybridized carbons (Fsp3) is 1.00. The maximum absolute atomic E-state index is 7.62. The summed E-state index contributed by atoms with van der Waals surface area (Å²) in [6, 6.07) is 0. The van der Waals surface area contributed by atoms with Crippen molar-refractivity contribution < 1.29 is 61.3 Å².